The smallest absolute Gasteiger partial charge is 0.227 e. The molecule has 1 aromatic carbocycles. The summed E-state index contributed by atoms with van der Waals surface area (Å²) in [4.78, 5) is 12.1. The molecule has 1 amide bonds. The van der Waals surface area contributed by atoms with E-state index in [1.807, 2.05) is 6.92 Å². The van der Waals surface area contributed by atoms with Crippen molar-refractivity contribution in [1.82, 2.24) is 14.8 Å². The number of anilines is 1. The van der Waals surface area contributed by atoms with Gasteiger partial charge < -0.3 is 9.88 Å². The molecule has 1 aromatic heterocycles. The van der Waals surface area contributed by atoms with Crippen molar-refractivity contribution in [3.05, 3.63) is 29.8 Å². The van der Waals surface area contributed by atoms with E-state index in [-0.39, 0.29) is 17.5 Å². The van der Waals surface area contributed by atoms with Gasteiger partial charge in [0.25, 0.3) is 0 Å². The maximum absolute atomic E-state index is 14.1. The largest absolute Gasteiger partial charge is 0.323 e. The zero-order valence-electron chi connectivity index (χ0n) is 13.8. The van der Waals surface area contributed by atoms with E-state index in [9.17, 15) is 9.18 Å². The Labute approximate surface area is 140 Å². The number of rotatable bonds is 3. The summed E-state index contributed by atoms with van der Waals surface area (Å²) in [6.45, 7) is 2.92. The maximum Gasteiger partial charge on any atom is 0.227 e. The van der Waals surface area contributed by atoms with E-state index in [1.54, 1.807) is 12.1 Å². The van der Waals surface area contributed by atoms with Gasteiger partial charge in [-0.05, 0) is 43.4 Å². The van der Waals surface area contributed by atoms with Crippen LogP contribution in [0.1, 0.15) is 38.4 Å². The topological polar surface area (TPSA) is 59.8 Å². The third-order valence-electron chi connectivity index (χ3n) is 5.04. The fourth-order valence-corrected chi connectivity index (χ4v) is 3.37. The van der Waals surface area contributed by atoms with E-state index in [2.05, 4.69) is 20.1 Å². The van der Waals surface area contributed by atoms with Crippen molar-refractivity contribution in [2.75, 3.05) is 5.32 Å². The van der Waals surface area contributed by atoms with E-state index in [0.717, 1.165) is 49.4 Å². The van der Waals surface area contributed by atoms with Crippen LogP contribution < -0.4 is 5.32 Å². The van der Waals surface area contributed by atoms with Gasteiger partial charge in [0.05, 0.1) is 5.69 Å². The Morgan fingerprint density at radius 2 is 2.12 bits per heavy atom. The Morgan fingerprint density at radius 1 is 1.29 bits per heavy atom. The van der Waals surface area contributed by atoms with Gasteiger partial charge in [0.15, 0.2) is 5.82 Å². The second-order valence-electron chi connectivity index (χ2n) is 6.91. The number of hydrogen-bond acceptors (Lipinski definition) is 3. The Bertz CT molecular complexity index is 785. The SMILES string of the molecule is CC1CC1C(=O)Nc1cc(-c2nnc3n2CCCCC3)ccc1F. The molecule has 1 saturated carbocycles. The van der Waals surface area contributed by atoms with Gasteiger partial charge in [-0.3, -0.25) is 4.79 Å². The van der Waals surface area contributed by atoms with Crippen LogP contribution in [0.25, 0.3) is 11.4 Å². The normalized spacial score (nSPS) is 22.6. The lowest BCUT2D eigenvalue weighted by atomic mass is 10.1. The summed E-state index contributed by atoms with van der Waals surface area (Å²) in [7, 11) is 0. The average molecular weight is 328 g/mol. The molecular formula is C18H21FN4O. The number of carbonyl (C=O) groups is 1. The maximum atomic E-state index is 14.1. The number of halogens is 1. The predicted molar refractivity (Wildman–Crippen MR) is 88.9 cm³/mol. The minimum atomic E-state index is -0.420. The molecule has 1 aliphatic carbocycles. The molecule has 1 aliphatic heterocycles. The molecule has 5 nitrogen and oxygen atoms in total. The van der Waals surface area contributed by atoms with Gasteiger partial charge in [-0.25, -0.2) is 4.39 Å². The summed E-state index contributed by atoms with van der Waals surface area (Å²) < 4.78 is 16.2. The Balaban J connectivity index is 1.63. The molecule has 2 atom stereocenters. The molecule has 2 heterocycles. The summed E-state index contributed by atoms with van der Waals surface area (Å²) in [5.41, 5.74) is 1.01. The molecule has 24 heavy (non-hydrogen) atoms. The number of hydrogen-bond donors (Lipinski definition) is 1. The van der Waals surface area contributed by atoms with Gasteiger partial charge in [0, 0.05) is 24.4 Å². The lowest BCUT2D eigenvalue weighted by Gasteiger charge is -2.10. The Kier molecular flexibility index (Phi) is 3.82. The molecule has 126 valence electrons. The molecular weight excluding hydrogens is 307 g/mol. The van der Waals surface area contributed by atoms with E-state index < -0.39 is 5.82 Å². The predicted octanol–water partition coefficient (Wildman–Crippen LogP) is 3.41. The molecule has 4 rings (SSSR count). The van der Waals surface area contributed by atoms with Crippen LogP contribution in [0.15, 0.2) is 18.2 Å². The molecule has 2 aromatic rings. The van der Waals surface area contributed by atoms with Gasteiger partial charge in [0.2, 0.25) is 5.91 Å². The summed E-state index contributed by atoms with van der Waals surface area (Å²) in [5, 5.41) is 11.3. The van der Waals surface area contributed by atoms with Gasteiger partial charge in [-0.2, -0.15) is 0 Å². The third-order valence-corrected chi connectivity index (χ3v) is 5.04. The van der Waals surface area contributed by atoms with Crippen LogP contribution >= 0.6 is 0 Å². The number of aryl methyl sites for hydroxylation is 1. The first-order valence-corrected chi connectivity index (χ1v) is 8.66. The fraction of sp³-hybridized carbons (Fsp3) is 0.500. The van der Waals surface area contributed by atoms with Crippen molar-refractivity contribution >= 4 is 11.6 Å². The fourth-order valence-electron chi connectivity index (χ4n) is 3.37. The standard InChI is InChI=1S/C18H21FN4O/c1-11-9-13(11)18(24)20-15-10-12(6-7-14(15)19)17-22-21-16-5-3-2-4-8-23(16)17/h6-7,10-11,13H,2-5,8-9H2,1H3,(H,20,24). The van der Waals surface area contributed by atoms with Crippen molar-refractivity contribution in [3.8, 4) is 11.4 Å². The summed E-state index contributed by atoms with van der Waals surface area (Å²) in [6, 6.07) is 4.76. The van der Waals surface area contributed by atoms with Crippen LogP contribution in [0.5, 0.6) is 0 Å². The molecule has 6 heteroatoms. The quantitative estimate of drug-likeness (QED) is 0.939. The summed E-state index contributed by atoms with van der Waals surface area (Å²) >= 11 is 0. The molecule has 1 N–H and O–H groups in total. The van der Waals surface area contributed by atoms with Gasteiger partial charge in [0.1, 0.15) is 11.6 Å². The lowest BCUT2D eigenvalue weighted by Crippen LogP contribution is -2.15. The lowest BCUT2D eigenvalue weighted by molar-refractivity contribution is -0.117. The van der Waals surface area contributed by atoms with Crippen molar-refractivity contribution in [2.24, 2.45) is 11.8 Å². The first-order chi connectivity index (χ1) is 11.6. The Morgan fingerprint density at radius 3 is 2.92 bits per heavy atom. The highest BCUT2D eigenvalue weighted by Crippen LogP contribution is 2.38. The van der Waals surface area contributed by atoms with Crippen molar-refractivity contribution < 1.29 is 9.18 Å². The zero-order valence-corrected chi connectivity index (χ0v) is 13.8. The van der Waals surface area contributed by atoms with Crippen molar-refractivity contribution in [1.29, 1.82) is 0 Å². The van der Waals surface area contributed by atoms with E-state index in [0.29, 0.717) is 5.92 Å². The number of fused-ring (bicyclic) bond motifs is 1. The first kappa shape index (κ1) is 15.3. The van der Waals surface area contributed by atoms with Crippen LogP contribution in [0.2, 0.25) is 0 Å². The second-order valence-corrected chi connectivity index (χ2v) is 6.91. The molecule has 0 bridgehead atoms. The minimum Gasteiger partial charge on any atom is -0.323 e. The van der Waals surface area contributed by atoms with Gasteiger partial charge in [-0.15, -0.1) is 10.2 Å². The van der Waals surface area contributed by atoms with Crippen LogP contribution in [-0.4, -0.2) is 20.7 Å². The highest BCUT2D eigenvalue weighted by atomic mass is 19.1. The van der Waals surface area contributed by atoms with E-state index in [4.69, 9.17) is 0 Å². The molecule has 2 aliphatic rings. The van der Waals surface area contributed by atoms with Crippen molar-refractivity contribution in [3.63, 3.8) is 0 Å². The zero-order chi connectivity index (χ0) is 16.7. The first-order valence-electron chi connectivity index (χ1n) is 8.66. The van der Waals surface area contributed by atoms with Crippen LogP contribution in [0.4, 0.5) is 10.1 Å². The summed E-state index contributed by atoms with van der Waals surface area (Å²) in [6.07, 6.45) is 5.22. The number of benzene rings is 1. The number of carbonyl (C=O) groups excluding carboxylic acids is 1. The molecule has 1 fully saturated rings. The van der Waals surface area contributed by atoms with Crippen molar-refractivity contribution in [2.45, 2.75) is 45.6 Å². The van der Waals surface area contributed by atoms with Gasteiger partial charge >= 0.3 is 0 Å². The third kappa shape index (κ3) is 2.81. The van der Waals surface area contributed by atoms with Crippen LogP contribution in [0, 0.1) is 17.7 Å². The number of nitrogens with one attached hydrogen (secondary N) is 1. The number of aromatic nitrogens is 3. The summed E-state index contributed by atoms with van der Waals surface area (Å²) in [5.74, 6) is 1.63. The highest BCUT2D eigenvalue weighted by Gasteiger charge is 2.39. The minimum absolute atomic E-state index is 0.0115. The van der Waals surface area contributed by atoms with E-state index >= 15 is 0 Å². The average Bonchev–Trinajstić information content (AvgIpc) is 3.25. The second kappa shape index (κ2) is 6.00. The highest BCUT2D eigenvalue weighted by molar-refractivity contribution is 5.95. The molecule has 2 unspecified atom stereocenters. The van der Waals surface area contributed by atoms with Crippen LogP contribution in [0.3, 0.4) is 0 Å². The van der Waals surface area contributed by atoms with E-state index in [1.165, 1.54) is 12.5 Å². The molecule has 0 spiro atoms. The molecule has 0 saturated heterocycles. The number of nitrogens with zero attached hydrogens (tertiary/aromatic N) is 3. The Hall–Kier alpha value is -2.24. The van der Waals surface area contributed by atoms with Crippen LogP contribution in [-0.2, 0) is 17.8 Å². The van der Waals surface area contributed by atoms with Gasteiger partial charge in [-0.1, -0.05) is 13.3 Å². The molecule has 0 radical (unpaired) electrons. The monoisotopic (exact) mass is 328 g/mol. The number of amides is 1.